The summed E-state index contributed by atoms with van der Waals surface area (Å²) in [6, 6.07) is 5.84. The first-order valence-corrected chi connectivity index (χ1v) is 13.4. The third-order valence-corrected chi connectivity index (χ3v) is 7.77. The number of nitrogens with zero attached hydrogens (tertiary/aromatic N) is 1. The van der Waals surface area contributed by atoms with Crippen molar-refractivity contribution in [2.75, 3.05) is 40.3 Å². The lowest BCUT2D eigenvalue weighted by molar-refractivity contribution is 0.163. The monoisotopic (exact) mass is 482 g/mol. The lowest BCUT2D eigenvalue weighted by atomic mass is 10.1. The molecule has 0 saturated heterocycles. The summed E-state index contributed by atoms with van der Waals surface area (Å²) >= 11 is 0. The summed E-state index contributed by atoms with van der Waals surface area (Å²) in [6.07, 6.45) is 0.706. The normalized spacial score (nSPS) is 14.3. The quantitative estimate of drug-likeness (QED) is 0.424. The Hall–Kier alpha value is -0.960. The van der Waals surface area contributed by atoms with Crippen LogP contribution in [0.15, 0.2) is 18.2 Å². The molecule has 2 rings (SSSR count). The fourth-order valence-corrected chi connectivity index (χ4v) is 5.18. The van der Waals surface area contributed by atoms with Crippen LogP contribution in [0.1, 0.15) is 40.2 Å². The van der Waals surface area contributed by atoms with Crippen molar-refractivity contribution in [3.05, 3.63) is 23.8 Å². The van der Waals surface area contributed by atoms with Crippen LogP contribution in [-0.4, -0.2) is 51.0 Å². The van der Waals surface area contributed by atoms with E-state index in [4.69, 9.17) is 24.0 Å². The van der Waals surface area contributed by atoms with Gasteiger partial charge in [-0.05, 0) is 65.8 Å². The lowest BCUT2D eigenvalue weighted by Crippen LogP contribution is -2.30. The molecular formula is C19H36N2O8P2. The van der Waals surface area contributed by atoms with E-state index in [-0.39, 0.29) is 12.8 Å². The fraction of sp³-hybridized carbons (Fsp3) is 0.684. The van der Waals surface area contributed by atoms with Crippen LogP contribution < -0.4 is 15.0 Å². The molecule has 1 atom stereocenters. The molecule has 1 aromatic carbocycles. The lowest BCUT2D eigenvalue weighted by Gasteiger charge is -2.31. The van der Waals surface area contributed by atoms with E-state index >= 15 is 0 Å². The molecule has 0 spiro atoms. The number of ether oxygens (including phenoxy) is 2. The maximum atomic E-state index is 12.8. The summed E-state index contributed by atoms with van der Waals surface area (Å²) in [4.78, 5) is 0. The highest BCUT2D eigenvalue weighted by atomic mass is 31.2. The number of fused-ring (bicyclic) bond motifs is 1. The molecule has 0 bridgehead atoms. The van der Waals surface area contributed by atoms with Gasteiger partial charge in [-0.15, -0.1) is 0 Å². The van der Waals surface area contributed by atoms with E-state index < -0.39 is 15.5 Å². The molecule has 1 unspecified atom stereocenters. The highest BCUT2D eigenvalue weighted by molar-refractivity contribution is 7.51. The average Bonchev–Trinajstić information content (AvgIpc) is 3.16. The highest BCUT2D eigenvalue weighted by Gasteiger charge is 2.33. The van der Waals surface area contributed by atoms with Gasteiger partial charge in [0.1, 0.15) is 0 Å². The third-order valence-electron chi connectivity index (χ3n) is 4.19. The maximum Gasteiger partial charge on any atom is 0.408 e. The van der Waals surface area contributed by atoms with Crippen molar-refractivity contribution < 1.29 is 36.7 Å². The van der Waals surface area contributed by atoms with E-state index in [1.807, 2.05) is 39.0 Å². The Morgan fingerprint density at radius 2 is 1.48 bits per heavy atom. The minimum Gasteiger partial charge on any atom is -0.454 e. The Balaban J connectivity index is 0.000000452. The van der Waals surface area contributed by atoms with Crippen molar-refractivity contribution >= 4 is 15.5 Å². The molecule has 12 heteroatoms. The van der Waals surface area contributed by atoms with Crippen LogP contribution in [0.25, 0.3) is 0 Å². The van der Waals surface area contributed by atoms with E-state index in [0.717, 1.165) is 17.1 Å². The standard InChI is InChI=1S/C15H24NO5P.C4H12NO3P/c1-5-20-22(17,21-6-2)16(4)12(3)9-13-7-8-14-15(10-13)19-11-18-14;1-3-7-9(5,6)8-4-2/h7-8,10,12H,5-6,9,11H2,1-4H3;3-4H2,1-2H3,(H2,5,6). The Kier molecular flexibility index (Phi) is 12.3. The van der Waals surface area contributed by atoms with E-state index in [9.17, 15) is 9.13 Å². The summed E-state index contributed by atoms with van der Waals surface area (Å²) in [5.74, 6) is 1.52. The molecule has 10 nitrogen and oxygen atoms in total. The van der Waals surface area contributed by atoms with Crippen molar-refractivity contribution in [1.29, 1.82) is 0 Å². The first-order valence-electron chi connectivity index (χ1n) is 10.3. The molecule has 1 aromatic rings. The number of likely N-dealkylation sites (N-methyl/N-ethyl adjacent to an activating group) is 1. The summed E-state index contributed by atoms with van der Waals surface area (Å²) in [6.45, 7) is 10.6. The average molecular weight is 482 g/mol. The molecule has 0 aromatic heterocycles. The van der Waals surface area contributed by atoms with E-state index in [2.05, 4.69) is 9.05 Å². The first kappa shape index (κ1) is 28.1. The molecule has 0 fully saturated rings. The molecule has 0 saturated carbocycles. The van der Waals surface area contributed by atoms with Crippen molar-refractivity contribution in [2.24, 2.45) is 5.50 Å². The molecule has 180 valence electrons. The molecule has 0 amide bonds. The zero-order chi connectivity index (χ0) is 23.5. The van der Waals surface area contributed by atoms with Crippen LogP contribution in [0, 0.1) is 0 Å². The van der Waals surface area contributed by atoms with Gasteiger partial charge in [0.25, 0.3) is 0 Å². The Bertz CT molecular complexity index is 744. The summed E-state index contributed by atoms with van der Waals surface area (Å²) < 4.78 is 55.8. The van der Waals surface area contributed by atoms with E-state index in [0.29, 0.717) is 32.8 Å². The Morgan fingerprint density at radius 3 is 2.00 bits per heavy atom. The van der Waals surface area contributed by atoms with Gasteiger partial charge in [-0.2, -0.15) is 0 Å². The smallest absolute Gasteiger partial charge is 0.408 e. The molecule has 0 aliphatic carbocycles. The van der Waals surface area contributed by atoms with Gasteiger partial charge in [0.2, 0.25) is 6.79 Å². The Labute approximate surface area is 185 Å². The van der Waals surface area contributed by atoms with Crippen LogP contribution in [-0.2, 0) is 33.6 Å². The van der Waals surface area contributed by atoms with Crippen molar-refractivity contribution in [3.8, 4) is 11.5 Å². The van der Waals surface area contributed by atoms with Crippen molar-refractivity contribution in [1.82, 2.24) is 4.67 Å². The number of hydrogen-bond donors (Lipinski definition) is 1. The van der Waals surface area contributed by atoms with Gasteiger partial charge >= 0.3 is 15.5 Å². The number of nitrogens with two attached hydrogens (primary N) is 1. The summed E-state index contributed by atoms with van der Waals surface area (Å²) in [7, 11) is -4.67. The molecule has 31 heavy (non-hydrogen) atoms. The molecular weight excluding hydrogens is 446 g/mol. The van der Waals surface area contributed by atoms with Gasteiger partial charge in [0.15, 0.2) is 11.5 Å². The predicted octanol–water partition coefficient (Wildman–Crippen LogP) is 4.59. The van der Waals surface area contributed by atoms with Crippen molar-refractivity contribution in [3.63, 3.8) is 0 Å². The second-order valence-electron chi connectivity index (χ2n) is 6.49. The summed E-state index contributed by atoms with van der Waals surface area (Å²) in [5.41, 5.74) is 6.14. The molecule has 1 aliphatic heterocycles. The SMILES string of the molecule is CCOP(=O)(OCC)N(C)C(C)Cc1ccc2c(c1)OCO2.CCOP(N)(=O)OCC. The number of benzene rings is 1. The van der Waals surface area contributed by atoms with Crippen LogP contribution in [0.3, 0.4) is 0 Å². The topological polar surface area (TPSA) is 119 Å². The van der Waals surface area contributed by atoms with Gasteiger partial charge in [0.05, 0.1) is 26.4 Å². The highest BCUT2D eigenvalue weighted by Crippen LogP contribution is 2.52. The van der Waals surface area contributed by atoms with Crippen LogP contribution in [0.5, 0.6) is 11.5 Å². The number of rotatable bonds is 12. The molecule has 1 aliphatic rings. The van der Waals surface area contributed by atoms with Crippen molar-refractivity contribution in [2.45, 2.75) is 47.1 Å². The van der Waals surface area contributed by atoms with Gasteiger partial charge in [-0.3, -0.25) is 18.1 Å². The van der Waals surface area contributed by atoms with E-state index in [1.54, 1.807) is 25.6 Å². The minimum absolute atomic E-state index is 0.00990. The van der Waals surface area contributed by atoms with Crippen LogP contribution in [0.2, 0.25) is 0 Å². The maximum absolute atomic E-state index is 12.8. The van der Waals surface area contributed by atoms with E-state index in [1.165, 1.54) is 0 Å². The zero-order valence-electron chi connectivity index (χ0n) is 19.2. The molecule has 2 N–H and O–H groups in total. The second kappa shape index (κ2) is 13.6. The third kappa shape index (κ3) is 9.20. The fourth-order valence-electron chi connectivity index (χ4n) is 2.73. The van der Waals surface area contributed by atoms with Crippen LogP contribution in [0.4, 0.5) is 0 Å². The van der Waals surface area contributed by atoms with Gasteiger partial charge in [0, 0.05) is 6.04 Å². The van der Waals surface area contributed by atoms with Crippen LogP contribution >= 0.6 is 15.5 Å². The largest absolute Gasteiger partial charge is 0.454 e. The Morgan fingerprint density at radius 1 is 0.968 bits per heavy atom. The predicted molar refractivity (Wildman–Crippen MR) is 119 cm³/mol. The molecule has 0 radical (unpaired) electrons. The molecule has 1 heterocycles. The first-order chi connectivity index (χ1) is 14.6. The van der Waals surface area contributed by atoms with Gasteiger partial charge < -0.3 is 9.47 Å². The van der Waals surface area contributed by atoms with Gasteiger partial charge in [-0.1, -0.05) is 6.07 Å². The number of hydrogen-bond acceptors (Lipinski definition) is 8. The van der Waals surface area contributed by atoms with Gasteiger partial charge in [-0.25, -0.2) is 19.3 Å². The zero-order valence-corrected chi connectivity index (χ0v) is 21.0. The minimum atomic E-state index is -3.24. The second-order valence-corrected chi connectivity index (χ2v) is 10.2. The summed E-state index contributed by atoms with van der Waals surface area (Å²) in [5, 5.41) is 0.